The van der Waals surface area contributed by atoms with Gasteiger partial charge in [-0.3, -0.25) is 9.80 Å². The number of rotatable bonds is 10. The molecule has 0 bridgehead atoms. The fourth-order valence-electron chi connectivity index (χ4n) is 8.60. The second-order valence-corrected chi connectivity index (χ2v) is 16.5. The zero-order valence-corrected chi connectivity index (χ0v) is 38.4. The van der Waals surface area contributed by atoms with Crippen molar-refractivity contribution in [3.8, 4) is 34.5 Å². The van der Waals surface area contributed by atoms with Gasteiger partial charge < -0.3 is 39.0 Å². The van der Waals surface area contributed by atoms with E-state index < -0.39 is 11.9 Å². The van der Waals surface area contributed by atoms with E-state index in [1.807, 2.05) is 60.7 Å². The average molecular weight is 913 g/mol. The van der Waals surface area contributed by atoms with Crippen molar-refractivity contribution in [2.75, 3.05) is 89.5 Å². The average Bonchev–Trinajstić information content (AvgIpc) is 3.64. The van der Waals surface area contributed by atoms with Crippen molar-refractivity contribution in [3.63, 3.8) is 0 Å². The summed E-state index contributed by atoms with van der Waals surface area (Å²) in [6.07, 6.45) is 5.69. The Morgan fingerprint density at radius 3 is 1.16 bits per heavy atom. The van der Waals surface area contributed by atoms with Crippen molar-refractivity contribution >= 4 is 46.6 Å². The highest BCUT2D eigenvalue weighted by Gasteiger charge is 2.24. The van der Waals surface area contributed by atoms with Crippen molar-refractivity contribution in [3.05, 3.63) is 180 Å². The highest BCUT2D eigenvalue weighted by atomic mass is 16.5. The zero-order chi connectivity index (χ0) is 47.2. The fourth-order valence-corrected chi connectivity index (χ4v) is 8.60. The maximum Gasteiger partial charge on any atom is 0.328 e. The summed E-state index contributed by atoms with van der Waals surface area (Å²) in [6.45, 7) is 10.1. The number of anilines is 2. The van der Waals surface area contributed by atoms with Gasteiger partial charge in [-0.2, -0.15) is 0 Å². The van der Waals surface area contributed by atoms with E-state index in [4.69, 9.17) is 29.2 Å². The molecule has 0 unspecified atom stereocenters. The van der Waals surface area contributed by atoms with Crippen LogP contribution in [0.2, 0.25) is 0 Å². The number of carbonyl (C=O) groups is 2. The van der Waals surface area contributed by atoms with E-state index in [-0.39, 0.29) is 0 Å². The van der Waals surface area contributed by atoms with Gasteiger partial charge in [0.1, 0.15) is 34.5 Å². The van der Waals surface area contributed by atoms with E-state index in [9.17, 15) is 9.59 Å². The zero-order valence-electron chi connectivity index (χ0n) is 38.4. The van der Waals surface area contributed by atoms with Crippen LogP contribution in [-0.4, -0.2) is 112 Å². The Kier molecular flexibility index (Phi) is 15.5. The number of hydrogen-bond acceptors (Lipinski definition) is 10. The minimum Gasteiger partial charge on any atom is -0.497 e. The minimum absolute atomic E-state index is 0.558. The molecule has 0 saturated carbocycles. The van der Waals surface area contributed by atoms with E-state index in [2.05, 4.69) is 117 Å². The molecule has 68 heavy (non-hydrogen) atoms. The smallest absolute Gasteiger partial charge is 0.328 e. The van der Waals surface area contributed by atoms with Gasteiger partial charge in [0.15, 0.2) is 0 Å². The second kappa shape index (κ2) is 22.6. The van der Waals surface area contributed by atoms with Gasteiger partial charge in [-0.1, -0.05) is 72.8 Å². The number of piperazine rings is 2. The lowest BCUT2D eigenvalue weighted by molar-refractivity contribution is -0.134. The molecule has 4 heterocycles. The van der Waals surface area contributed by atoms with Gasteiger partial charge in [0, 0.05) is 111 Å². The number of ether oxygens (including phenoxy) is 4. The molecule has 2 saturated heterocycles. The Morgan fingerprint density at radius 1 is 0.471 bits per heavy atom. The largest absolute Gasteiger partial charge is 0.497 e. The molecule has 6 aromatic rings. The molecule has 0 atom stereocenters. The SMILES string of the molecule is COc1ccc(N2CCN(CC3=Cc4ccccc4Oc4ccccc43)CC2)cc1.COc1ccc(N2CCN(CC3=Cc4ccccc4Oc4ccccc43)CC2)cc1.O=C(O)/C=C/C(=O)O. The van der Waals surface area contributed by atoms with Gasteiger partial charge in [-0.05, 0) is 96.1 Å². The maximum atomic E-state index is 9.55. The van der Waals surface area contributed by atoms with Crippen LogP contribution in [0.25, 0.3) is 23.3 Å². The monoisotopic (exact) mass is 912 g/mol. The molecule has 0 radical (unpaired) electrons. The molecule has 2 N–H and O–H groups in total. The third kappa shape index (κ3) is 12.1. The number of fused-ring (bicyclic) bond motifs is 4. The number of nitrogens with zero attached hydrogens (tertiary/aromatic N) is 4. The number of methoxy groups -OCH3 is 2. The van der Waals surface area contributed by atoms with Gasteiger partial charge in [0.05, 0.1) is 14.2 Å². The lowest BCUT2D eigenvalue weighted by Crippen LogP contribution is -2.46. The molecule has 0 spiro atoms. The summed E-state index contributed by atoms with van der Waals surface area (Å²) in [6, 6.07) is 50.0. The molecule has 4 aliphatic rings. The van der Waals surface area contributed by atoms with Crippen molar-refractivity contribution in [2.45, 2.75) is 0 Å². The number of carboxylic acids is 2. The summed E-state index contributed by atoms with van der Waals surface area (Å²) in [5, 5.41) is 15.6. The van der Waals surface area contributed by atoms with Crippen LogP contribution in [0.4, 0.5) is 11.4 Å². The molecular weight excluding hydrogens is 857 g/mol. The summed E-state index contributed by atoms with van der Waals surface area (Å²) < 4.78 is 23.0. The van der Waals surface area contributed by atoms with Crippen molar-refractivity contribution < 1.29 is 38.7 Å². The Bertz CT molecular complexity index is 2560. The number of carboxylic acid groups (broad SMARTS) is 2. The predicted molar refractivity (Wildman–Crippen MR) is 269 cm³/mol. The first-order chi connectivity index (χ1) is 33.2. The Labute approximate surface area is 397 Å². The van der Waals surface area contributed by atoms with Crippen LogP contribution in [0.1, 0.15) is 22.3 Å². The third-order valence-corrected chi connectivity index (χ3v) is 12.2. The number of hydrogen-bond donors (Lipinski definition) is 2. The molecule has 0 aliphatic carbocycles. The van der Waals surface area contributed by atoms with Crippen molar-refractivity contribution in [1.82, 2.24) is 9.80 Å². The van der Waals surface area contributed by atoms with Crippen LogP contribution in [0.5, 0.6) is 34.5 Å². The third-order valence-electron chi connectivity index (χ3n) is 12.2. The van der Waals surface area contributed by atoms with E-state index in [1.54, 1.807) is 14.2 Å². The van der Waals surface area contributed by atoms with Gasteiger partial charge in [0.2, 0.25) is 0 Å². The lowest BCUT2D eigenvalue weighted by atomic mass is 10.0. The molecule has 2 fully saturated rings. The van der Waals surface area contributed by atoms with Crippen LogP contribution in [0.15, 0.2) is 158 Å². The van der Waals surface area contributed by atoms with Crippen LogP contribution in [-0.2, 0) is 9.59 Å². The molecule has 0 aromatic heterocycles. The topological polar surface area (TPSA) is 124 Å². The summed E-state index contributed by atoms with van der Waals surface area (Å²) in [7, 11) is 3.41. The Hall–Kier alpha value is -7.80. The highest BCUT2D eigenvalue weighted by Crippen LogP contribution is 2.40. The normalized spacial score (nSPS) is 15.3. The molecule has 12 nitrogen and oxygen atoms in total. The molecular formula is C56H56N4O8. The van der Waals surface area contributed by atoms with Crippen LogP contribution >= 0.6 is 0 Å². The van der Waals surface area contributed by atoms with E-state index in [0.717, 1.165) is 111 Å². The molecule has 348 valence electrons. The van der Waals surface area contributed by atoms with Gasteiger partial charge in [-0.25, -0.2) is 9.59 Å². The Morgan fingerprint density at radius 2 is 0.809 bits per heavy atom. The lowest BCUT2D eigenvalue weighted by Gasteiger charge is -2.36. The van der Waals surface area contributed by atoms with Gasteiger partial charge in [0.25, 0.3) is 0 Å². The number of benzene rings is 6. The molecule has 12 heteroatoms. The Balaban J connectivity index is 0.000000159. The number of aliphatic carboxylic acids is 2. The van der Waals surface area contributed by atoms with Crippen LogP contribution in [0.3, 0.4) is 0 Å². The van der Waals surface area contributed by atoms with Crippen LogP contribution in [0, 0.1) is 0 Å². The first kappa shape index (κ1) is 46.7. The minimum atomic E-state index is -1.26. The quantitative estimate of drug-likeness (QED) is 0.127. The standard InChI is InChI=1S/2C26H26N2O2.C4H4O4/c2*1-29-23-12-10-22(11-13-23)28-16-14-27(15-17-28)19-21-18-20-6-2-4-8-25(20)30-26-9-5-3-7-24(21)26;5-3(6)1-2-4(7)8/h2*2-13,18H,14-17,19H2,1H3;1-2H,(H,5,6)(H,7,8)/b;;2-1+. The first-order valence-electron chi connectivity index (χ1n) is 22.7. The first-order valence-corrected chi connectivity index (χ1v) is 22.7. The van der Waals surface area contributed by atoms with E-state index in [1.165, 1.54) is 33.6 Å². The van der Waals surface area contributed by atoms with Gasteiger partial charge >= 0.3 is 11.9 Å². The van der Waals surface area contributed by atoms with Crippen molar-refractivity contribution in [2.24, 2.45) is 0 Å². The van der Waals surface area contributed by atoms with Crippen LogP contribution < -0.4 is 28.7 Å². The molecule has 0 amide bonds. The highest BCUT2D eigenvalue weighted by molar-refractivity contribution is 5.90. The van der Waals surface area contributed by atoms with E-state index in [0.29, 0.717) is 12.2 Å². The fraction of sp³-hybridized carbons (Fsp3) is 0.214. The van der Waals surface area contributed by atoms with Gasteiger partial charge in [-0.15, -0.1) is 0 Å². The second-order valence-electron chi connectivity index (χ2n) is 16.5. The summed E-state index contributed by atoms with van der Waals surface area (Å²) in [4.78, 5) is 29.1. The maximum absolute atomic E-state index is 9.55. The molecule has 4 aliphatic heterocycles. The van der Waals surface area contributed by atoms with Crippen molar-refractivity contribution in [1.29, 1.82) is 0 Å². The molecule has 6 aromatic carbocycles. The number of para-hydroxylation sites is 4. The molecule has 10 rings (SSSR count). The van der Waals surface area contributed by atoms with E-state index >= 15 is 0 Å². The predicted octanol–water partition coefficient (Wildman–Crippen LogP) is 10.0. The summed E-state index contributed by atoms with van der Waals surface area (Å²) in [5.41, 5.74) is 9.80. The summed E-state index contributed by atoms with van der Waals surface area (Å²) in [5.74, 6) is 3.00. The summed E-state index contributed by atoms with van der Waals surface area (Å²) >= 11 is 0.